The van der Waals surface area contributed by atoms with Crippen molar-refractivity contribution in [1.82, 2.24) is 29.9 Å². The van der Waals surface area contributed by atoms with Gasteiger partial charge in [0.15, 0.2) is 0 Å². The van der Waals surface area contributed by atoms with Crippen LogP contribution in [0.1, 0.15) is 25.5 Å². The summed E-state index contributed by atoms with van der Waals surface area (Å²) in [6.45, 7) is 6.54. The van der Waals surface area contributed by atoms with Crippen molar-refractivity contribution in [3.8, 4) is 11.4 Å². The lowest BCUT2D eigenvalue weighted by Crippen LogP contribution is -2.44. The molecule has 8 nitrogen and oxygen atoms in total. The van der Waals surface area contributed by atoms with Gasteiger partial charge in [0, 0.05) is 25.1 Å². The van der Waals surface area contributed by atoms with Crippen molar-refractivity contribution in [2.75, 3.05) is 24.7 Å². The van der Waals surface area contributed by atoms with E-state index in [1.54, 1.807) is 12.4 Å². The summed E-state index contributed by atoms with van der Waals surface area (Å²) in [6, 6.07) is 10.4. The van der Waals surface area contributed by atoms with Gasteiger partial charge < -0.3 is 9.64 Å². The van der Waals surface area contributed by atoms with Crippen LogP contribution in [-0.4, -0.2) is 55.7 Å². The maximum atomic E-state index is 5.58. The molecule has 5 heterocycles. The van der Waals surface area contributed by atoms with Gasteiger partial charge >= 0.3 is 0 Å². The van der Waals surface area contributed by atoms with E-state index < -0.39 is 0 Å². The Morgan fingerprint density at radius 1 is 1.23 bits per heavy atom. The van der Waals surface area contributed by atoms with E-state index in [1.807, 2.05) is 23.0 Å². The number of fused-ring (bicyclic) bond motifs is 1. The van der Waals surface area contributed by atoms with Crippen LogP contribution in [0.2, 0.25) is 0 Å². The summed E-state index contributed by atoms with van der Waals surface area (Å²) in [4.78, 5) is 11.6. The van der Waals surface area contributed by atoms with Gasteiger partial charge in [0.2, 0.25) is 0 Å². The van der Waals surface area contributed by atoms with Crippen LogP contribution in [-0.2, 0) is 4.74 Å². The Bertz CT molecular complexity index is 1110. The molecule has 0 bridgehead atoms. The zero-order valence-electron chi connectivity index (χ0n) is 16.9. The van der Waals surface area contributed by atoms with Crippen LogP contribution in [0.3, 0.4) is 0 Å². The number of nitrogens with zero attached hydrogens (tertiary/aromatic N) is 6. The second-order valence-corrected chi connectivity index (χ2v) is 7.37. The largest absolute Gasteiger partial charge is 0.377 e. The third-order valence-electron chi connectivity index (χ3n) is 5.48. The van der Waals surface area contributed by atoms with Gasteiger partial charge in [-0.05, 0) is 43.7 Å². The van der Waals surface area contributed by atoms with Gasteiger partial charge in [0.1, 0.15) is 22.7 Å². The second kappa shape index (κ2) is 8.41. The molecule has 0 spiro atoms. The van der Waals surface area contributed by atoms with Gasteiger partial charge in [-0.1, -0.05) is 6.07 Å². The SMILES string of the molecule is CC(c1cccnc1)n1nc(-c2cc[nH]n2)c2nc(N3CCOC[C@H]3C)ccc21.Cl. The van der Waals surface area contributed by atoms with Gasteiger partial charge in [-0.15, -0.1) is 12.4 Å². The highest BCUT2D eigenvalue weighted by atomic mass is 35.5. The maximum Gasteiger partial charge on any atom is 0.139 e. The fourth-order valence-electron chi connectivity index (χ4n) is 3.86. The number of pyridine rings is 2. The average molecular weight is 426 g/mol. The van der Waals surface area contributed by atoms with E-state index in [9.17, 15) is 0 Å². The van der Waals surface area contributed by atoms with Gasteiger partial charge in [0.25, 0.3) is 0 Å². The monoisotopic (exact) mass is 425 g/mol. The predicted molar refractivity (Wildman–Crippen MR) is 118 cm³/mol. The van der Waals surface area contributed by atoms with Crippen molar-refractivity contribution in [3.63, 3.8) is 0 Å². The third kappa shape index (κ3) is 3.53. The van der Waals surface area contributed by atoms with Gasteiger partial charge in [-0.2, -0.15) is 10.2 Å². The summed E-state index contributed by atoms with van der Waals surface area (Å²) in [5.41, 5.74) is 4.48. The Labute approximate surface area is 180 Å². The number of hydrogen-bond donors (Lipinski definition) is 1. The molecular formula is C21H24ClN7O. The van der Waals surface area contributed by atoms with Crippen LogP contribution in [0.4, 0.5) is 5.82 Å². The predicted octanol–water partition coefficient (Wildman–Crippen LogP) is 3.47. The first kappa shape index (κ1) is 20.3. The normalized spacial score (nSPS) is 17.7. The van der Waals surface area contributed by atoms with Crippen LogP contribution >= 0.6 is 12.4 Å². The molecule has 1 saturated heterocycles. The summed E-state index contributed by atoms with van der Waals surface area (Å²) >= 11 is 0. The molecule has 5 rings (SSSR count). The molecule has 30 heavy (non-hydrogen) atoms. The number of ether oxygens (including phenoxy) is 1. The first-order chi connectivity index (χ1) is 14.2. The Balaban J connectivity index is 0.00000218. The molecule has 0 radical (unpaired) electrons. The molecule has 0 aromatic carbocycles. The highest BCUT2D eigenvalue weighted by molar-refractivity contribution is 5.90. The number of H-pyrrole nitrogens is 1. The Hall–Kier alpha value is -2.97. The smallest absolute Gasteiger partial charge is 0.139 e. The van der Waals surface area contributed by atoms with Crippen molar-refractivity contribution in [2.24, 2.45) is 0 Å². The van der Waals surface area contributed by atoms with E-state index in [4.69, 9.17) is 14.8 Å². The molecule has 0 aliphatic carbocycles. The first-order valence-corrected chi connectivity index (χ1v) is 9.86. The van der Waals surface area contributed by atoms with Gasteiger partial charge in [-0.3, -0.25) is 14.8 Å². The van der Waals surface area contributed by atoms with E-state index in [0.717, 1.165) is 40.3 Å². The number of aromatic amines is 1. The Kier molecular flexibility index (Phi) is 5.69. The summed E-state index contributed by atoms with van der Waals surface area (Å²) in [5.74, 6) is 0.943. The summed E-state index contributed by atoms with van der Waals surface area (Å²) in [6.07, 6.45) is 5.46. The first-order valence-electron chi connectivity index (χ1n) is 9.86. The quantitative estimate of drug-likeness (QED) is 0.539. The van der Waals surface area contributed by atoms with Crippen molar-refractivity contribution in [1.29, 1.82) is 0 Å². The van der Waals surface area contributed by atoms with Crippen LogP contribution in [0, 0.1) is 0 Å². The number of hydrogen-bond acceptors (Lipinski definition) is 6. The number of anilines is 1. The minimum Gasteiger partial charge on any atom is -0.377 e. The van der Waals surface area contributed by atoms with E-state index >= 15 is 0 Å². The van der Waals surface area contributed by atoms with Gasteiger partial charge in [-0.25, -0.2) is 4.98 Å². The van der Waals surface area contributed by atoms with Crippen molar-refractivity contribution in [2.45, 2.75) is 25.9 Å². The topological polar surface area (TPSA) is 84.8 Å². The minimum atomic E-state index is 0. The third-order valence-corrected chi connectivity index (χ3v) is 5.48. The summed E-state index contributed by atoms with van der Waals surface area (Å²) in [5, 5.41) is 12.2. The fraction of sp³-hybridized carbons (Fsp3) is 0.333. The molecule has 1 N–H and O–H groups in total. The lowest BCUT2D eigenvalue weighted by molar-refractivity contribution is 0.0986. The molecular weight excluding hydrogens is 402 g/mol. The van der Waals surface area contributed by atoms with Crippen molar-refractivity contribution < 1.29 is 4.74 Å². The zero-order chi connectivity index (χ0) is 19.8. The molecule has 9 heteroatoms. The van der Waals surface area contributed by atoms with Crippen molar-refractivity contribution in [3.05, 3.63) is 54.5 Å². The maximum absolute atomic E-state index is 5.58. The molecule has 1 aliphatic rings. The molecule has 1 fully saturated rings. The highest BCUT2D eigenvalue weighted by Gasteiger charge is 2.24. The lowest BCUT2D eigenvalue weighted by atomic mass is 10.1. The van der Waals surface area contributed by atoms with Crippen LogP contribution in [0.5, 0.6) is 0 Å². The molecule has 4 aromatic heterocycles. The Morgan fingerprint density at radius 2 is 2.13 bits per heavy atom. The average Bonchev–Trinajstić information content (AvgIpc) is 3.42. The molecule has 2 atom stereocenters. The molecule has 1 aliphatic heterocycles. The molecule has 156 valence electrons. The zero-order valence-corrected chi connectivity index (χ0v) is 17.7. The van der Waals surface area contributed by atoms with Crippen molar-refractivity contribution >= 4 is 29.3 Å². The number of morpholine rings is 1. The second-order valence-electron chi connectivity index (χ2n) is 7.37. The number of rotatable bonds is 4. The fourth-order valence-corrected chi connectivity index (χ4v) is 3.86. The Morgan fingerprint density at radius 3 is 2.87 bits per heavy atom. The number of aromatic nitrogens is 6. The molecule has 0 amide bonds. The molecule has 4 aromatic rings. The summed E-state index contributed by atoms with van der Waals surface area (Å²) in [7, 11) is 0. The minimum absolute atomic E-state index is 0. The van der Waals surface area contributed by atoms with Crippen LogP contribution in [0.25, 0.3) is 22.4 Å². The highest BCUT2D eigenvalue weighted by Crippen LogP contribution is 2.31. The number of halogens is 1. The van der Waals surface area contributed by atoms with Crippen LogP contribution < -0.4 is 4.90 Å². The van der Waals surface area contributed by atoms with E-state index in [-0.39, 0.29) is 24.5 Å². The van der Waals surface area contributed by atoms with E-state index in [0.29, 0.717) is 13.2 Å². The van der Waals surface area contributed by atoms with Crippen LogP contribution in [0.15, 0.2) is 48.9 Å². The molecule has 0 saturated carbocycles. The van der Waals surface area contributed by atoms with Gasteiger partial charge in [0.05, 0.1) is 30.8 Å². The van der Waals surface area contributed by atoms with E-state index in [1.165, 1.54) is 0 Å². The standard InChI is InChI=1S/C21H23N7O.ClH/c1-14-13-29-11-10-27(14)19-6-5-18-21(24-19)20(17-7-9-23-25-17)26-28(18)15(2)16-4-3-8-22-12-16;/h3-9,12,14-15H,10-11,13H2,1-2H3,(H,23,25);1H/t14-,15?;/m1./s1. The summed E-state index contributed by atoms with van der Waals surface area (Å²) < 4.78 is 7.59. The molecule has 1 unspecified atom stereocenters. The van der Waals surface area contributed by atoms with E-state index in [2.05, 4.69) is 52.1 Å². The number of nitrogens with one attached hydrogen (secondary N) is 1. The lowest BCUT2D eigenvalue weighted by Gasteiger charge is -2.34.